The fourth-order valence-corrected chi connectivity index (χ4v) is 5.34. The van der Waals surface area contributed by atoms with Gasteiger partial charge in [0.25, 0.3) is 0 Å². The predicted octanol–water partition coefficient (Wildman–Crippen LogP) is 7.39. The number of carbonyl (C=O) groups excluding carboxylic acids is 2. The lowest BCUT2D eigenvalue weighted by molar-refractivity contribution is -0.118. The van der Waals surface area contributed by atoms with Gasteiger partial charge in [0.15, 0.2) is 5.78 Å². The van der Waals surface area contributed by atoms with Crippen molar-refractivity contribution in [2.75, 3.05) is 0 Å². The molecule has 0 spiro atoms. The summed E-state index contributed by atoms with van der Waals surface area (Å²) in [6, 6.07) is 16.0. The van der Waals surface area contributed by atoms with E-state index in [9.17, 15) is 27.9 Å². The van der Waals surface area contributed by atoms with Crippen molar-refractivity contribution < 1.29 is 27.9 Å². The first-order chi connectivity index (χ1) is 19.2. The standard InChI is InChI=1S/C33H26F3NO3/c1-19(38)30-16-23(7-9-32(30)36)29-3-2-10-37-33(29)24(11-20-12-25(34)17-26(35)13-20)15-28(40)14-22-5-4-21-6-8-27(39)18-31(21)22/h2-3,5-10,12-13,16-18,24,39H,4,11,14-15H2,1H3/t24-/m1/s1. The van der Waals surface area contributed by atoms with Gasteiger partial charge in [-0.05, 0) is 90.1 Å². The van der Waals surface area contributed by atoms with Crippen LogP contribution in [0, 0.1) is 17.5 Å². The number of hydrogen-bond acceptors (Lipinski definition) is 4. The average molecular weight is 542 g/mol. The van der Waals surface area contributed by atoms with Gasteiger partial charge in [0, 0.05) is 36.6 Å². The number of nitrogens with zero attached hydrogens (tertiary/aromatic N) is 1. The summed E-state index contributed by atoms with van der Waals surface area (Å²) in [6.45, 7) is 1.28. The second-order valence-electron chi connectivity index (χ2n) is 10.1. The molecular formula is C33H26F3NO3. The number of Topliss-reactive ketones (excluding diaryl/α,β-unsaturated/α-hetero) is 2. The maximum atomic E-state index is 14.3. The number of pyridine rings is 1. The molecule has 1 aromatic heterocycles. The van der Waals surface area contributed by atoms with Gasteiger partial charge in [0.05, 0.1) is 11.3 Å². The molecule has 0 fully saturated rings. The van der Waals surface area contributed by atoms with Crippen LogP contribution in [0.4, 0.5) is 13.2 Å². The Labute approximate surface area is 229 Å². The number of fused-ring (bicyclic) bond motifs is 1. The minimum absolute atomic E-state index is 0.0222. The van der Waals surface area contributed by atoms with Crippen LogP contribution in [0.1, 0.15) is 58.4 Å². The Bertz CT molecular complexity index is 1640. The fourth-order valence-electron chi connectivity index (χ4n) is 5.34. The Kier molecular flexibility index (Phi) is 7.65. The molecule has 0 radical (unpaired) electrons. The third kappa shape index (κ3) is 5.88. The zero-order valence-electron chi connectivity index (χ0n) is 21.8. The van der Waals surface area contributed by atoms with Crippen molar-refractivity contribution in [1.82, 2.24) is 4.98 Å². The maximum Gasteiger partial charge on any atom is 0.162 e. The lowest BCUT2D eigenvalue weighted by Crippen LogP contribution is -2.13. The summed E-state index contributed by atoms with van der Waals surface area (Å²) in [5.41, 5.74) is 4.61. The van der Waals surface area contributed by atoms with E-state index in [1.165, 1.54) is 37.3 Å². The summed E-state index contributed by atoms with van der Waals surface area (Å²) in [7, 11) is 0. The third-order valence-corrected chi connectivity index (χ3v) is 7.16. The van der Waals surface area contributed by atoms with E-state index in [0.29, 0.717) is 28.8 Å². The molecule has 1 N–H and O–H groups in total. The summed E-state index contributed by atoms with van der Waals surface area (Å²) >= 11 is 0. The number of aromatic nitrogens is 1. The van der Waals surface area contributed by atoms with Crippen LogP contribution in [0.5, 0.6) is 5.75 Å². The summed E-state index contributed by atoms with van der Waals surface area (Å²) in [4.78, 5) is 30.0. The minimum atomic E-state index is -0.724. The maximum absolute atomic E-state index is 14.3. The lowest BCUT2D eigenvalue weighted by Gasteiger charge is -2.20. The van der Waals surface area contributed by atoms with Gasteiger partial charge in [-0.3, -0.25) is 14.6 Å². The van der Waals surface area contributed by atoms with Gasteiger partial charge < -0.3 is 5.11 Å². The monoisotopic (exact) mass is 541 g/mol. The van der Waals surface area contributed by atoms with Crippen LogP contribution in [-0.2, 0) is 17.6 Å². The summed E-state index contributed by atoms with van der Waals surface area (Å²) in [5, 5.41) is 9.93. The number of phenolic OH excluding ortho intramolecular Hbond substituents is 1. The molecule has 0 amide bonds. The number of ketones is 2. The van der Waals surface area contributed by atoms with Crippen molar-refractivity contribution >= 4 is 17.1 Å². The van der Waals surface area contributed by atoms with Gasteiger partial charge >= 0.3 is 0 Å². The van der Waals surface area contributed by atoms with Crippen LogP contribution in [0.3, 0.4) is 0 Å². The second-order valence-corrected chi connectivity index (χ2v) is 10.1. The molecular weight excluding hydrogens is 515 g/mol. The fraction of sp³-hybridized carbons (Fsp3) is 0.182. The molecule has 1 aliphatic carbocycles. The number of halogens is 3. The van der Waals surface area contributed by atoms with Crippen molar-refractivity contribution in [3.63, 3.8) is 0 Å². The molecule has 1 atom stereocenters. The largest absolute Gasteiger partial charge is 0.508 e. The van der Waals surface area contributed by atoms with Crippen LogP contribution in [0.25, 0.3) is 16.7 Å². The lowest BCUT2D eigenvalue weighted by atomic mass is 9.85. The van der Waals surface area contributed by atoms with E-state index >= 15 is 0 Å². The molecule has 202 valence electrons. The molecule has 4 nitrogen and oxygen atoms in total. The number of hydrogen-bond donors (Lipinski definition) is 1. The third-order valence-electron chi connectivity index (χ3n) is 7.16. The number of allylic oxidation sites excluding steroid dienone is 2. The van der Waals surface area contributed by atoms with Gasteiger partial charge in [-0.2, -0.15) is 0 Å². The summed E-state index contributed by atoms with van der Waals surface area (Å²) < 4.78 is 42.4. The first-order valence-electron chi connectivity index (χ1n) is 12.9. The Balaban J connectivity index is 1.50. The molecule has 40 heavy (non-hydrogen) atoms. The Hall–Kier alpha value is -4.52. The van der Waals surface area contributed by atoms with Gasteiger partial charge in [0.1, 0.15) is 29.0 Å². The molecule has 0 saturated carbocycles. The van der Waals surface area contributed by atoms with Crippen molar-refractivity contribution in [1.29, 1.82) is 0 Å². The van der Waals surface area contributed by atoms with Crippen LogP contribution in [-0.4, -0.2) is 21.7 Å². The van der Waals surface area contributed by atoms with Gasteiger partial charge in [-0.15, -0.1) is 0 Å². The normalized spacial score (nSPS) is 13.1. The zero-order chi connectivity index (χ0) is 28.4. The predicted molar refractivity (Wildman–Crippen MR) is 146 cm³/mol. The molecule has 5 rings (SSSR count). The molecule has 4 aromatic rings. The van der Waals surface area contributed by atoms with Crippen LogP contribution in [0.15, 0.2) is 79.0 Å². The highest BCUT2D eigenvalue weighted by Gasteiger charge is 2.25. The Morgan fingerprint density at radius 1 is 0.950 bits per heavy atom. The molecule has 3 aromatic carbocycles. The number of rotatable bonds is 9. The number of carbonyl (C=O) groups is 2. The zero-order valence-corrected chi connectivity index (χ0v) is 21.8. The van der Waals surface area contributed by atoms with Crippen molar-refractivity contribution in [2.24, 2.45) is 0 Å². The van der Waals surface area contributed by atoms with Crippen LogP contribution in [0.2, 0.25) is 0 Å². The number of benzene rings is 3. The molecule has 0 bridgehead atoms. The molecule has 1 heterocycles. The molecule has 1 aliphatic rings. The van der Waals surface area contributed by atoms with E-state index in [1.807, 2.05) is 12.1 Å². The second kappa shape index (κ2) is 11.3. The molecule has 0 aliphatic heterocycles. The van der Waals surface area contributed by atoms with Crippen molar-refractivity contribution in [3.05, 3.63) is 124 Å². The number of phenols is 1. The smallest absolute Gasteiger partial charge is 0.162 e. The topological polar surface area (TPSA) is 67.3 Å². The summed E-state index contributed by atoms with van der Waals surface area (Å²) in [6.07, 6.45) is 4.47. The highest BCUT2D eigenvalue weighted by Crippen LogP contribution is 2.36. The SMILES string of the molecule is CC(=O)c1cc(-c2cccnc2[C@@H](CC(=O)CC2=CCc3ccc(O)cc32)Cc2cc(F)cc(F)c2)ccc1F. The average Bonchev–Trinajstić information content (AvgIpc) is 3.29. The van der Waals surface area contributed by atoms with E-state index < -0.39 is 29.2 Å². The van der Waals surface area contributed by atoms with Crippen LogP contribution >= 0.6 is 0 Å². The van der Waals surface area contributed by atoms with E-state index in [2.05, 4.69) is 4.98 Å². The number of aromatic hydroxyl groups is 1. The Morgan fingerprint density at radius 3 is 2.48 bits per heavy atom. The Morgan fingerprint density at radius 2 is 1.73 bits per heavy atom. The molecule has 7 heteroatoms. The van der Waals surface area contributed by atoms with Crippen molar-refractivity contribution in [2.45, 2.75) is 38.5 Å². The first-order valence-corrected chi connectivity index (χ1v) is 12.9. The van der Waals surface area contributed by atoms with E-state index in [1.54, 1.807) is 30.5 Å². The molecule has 0 saturated heterocycles. The quantitative estimate of drug-likeness (QED) is 0.224. The first kappa shape index (κ1) is 27.1. The summed E-state index contributed by atoms with van der Waals surface area (Å²) in [5.74, 6) is -3.07. The van der Waals surface area contributed by atoms with E-state index in [0.717, 1.165) is 22.8 Å². The highest BCUT2D eigenvalue weighted by molar-refractivity contribution is 5.96. The van der Waals surface area contributed by atoms with Gasteiger partial charge in [-0.1, -0.05) is 24.3 Å². The minimum Gasteiger partial charge on any atom is -0.508 e. The van der Waals surface area contributed by atoms with E-state index in [4.69, 9.17) is 0 Å². The molecule has 0 unspecified atom stereocenters. The van der Waals surface area contributed by atoms with Crippen molar-refractivity contribution in [3.8, 4) is 16.9 Å². The highest BCUT2D eigenvalue weighted by atomic mass is 19.1. The van der Waals surface area contributed by atoms with Crippen LogP contribution < -0.4 is 0 Å². The van der Waals surface area contributed by atoms with E-state index in [-0.39, 0.29) is 36.4 Å². The van der Waals surface area contributed by atoms with Gasteiger partial charge in [-0.25, -0.2) is 13.2 Å². The van der Waals surface area contributed by atoms with Gasteiger partial charge in [0.2, 0.25) is 0 Å².